The molecule has 0 N–H and O–H groups in total. The number of carbonyl (C=O) groups is 2. The van der Waals surface area contributed by atoms with Crippen LogP contribution < -0.4 is 0 Å². The lowest BCUT2D eigenvalue weighted by Crippen LogP contribution is -2.54. The molecule has 2 rings (SSSR count). The SMILES string of the molecule is CCOCC(=O)N1CCN(C2CCN(C)C2=O)CC1. The van der Waals surface area contributed by atoms with E-state index in [4.69, 9.17) is 4.74 Å². The molecule has 2 heterocycles. The third-order valence-electron chi connectivity index (χ3n) is 3.94. The lowest BCUT2D eigenvalue weighted by Gasteiger charge is -2.37. The highest BCUT2D eigenvalue weighted by Crippen LogP contribution is 2.17. The van der Waals surface area contributed by atoms with E-state index in [1.165, 1.54) is 0 Å². The van der Waals surface area contributed by atoms with Crippen LogP contribution in [-0.2, 0) is 14.3 Å². The van der Waals surface area contributed by atoms with Crippen molar-refractivity contribution in [3.8, 4) is 0 Å². The topological polar surface area (TPSA) is 53.1 Å². The van der Waals surface area contributed by atoms with Crippen molar-refractivity contribution in [2.75, 3.05) is 53.0 Å². The Kier molecular flexibility index (Phi) is 4.76. The van der Waals surface area contributed by atoms with Crippen molar-refractivity contribution in [3.63, 3.8) is 0 Å². The van der Waals surface area contributed by atoms with Crippen molar-refractivity contribution < 1.29 is 14.3 Å². The van der Waals surface area contributed by atoms with Crippen molar-refractivity contribution in [1.29, 1.82) is 0 Å². The van der Waals surface area contributed by atoms with Crippen LogP contribution in [0.3, 0.4) is 0 Å². The van der Waals surface area contributed by atoms with Crippen LogP contribution in [0, 0.1) is 0 Å². The summed E-state index contributed by atoms with van der Waals surface area (Å²) in [5.41, 5.74) is 0. The van der Waals surface area contributed by atoms with E-state index in [9.17, 15) is 9.59 Å². The molecule has 1 atom stereocenters. The molecule has 0 spiro atoms. The Morgan fingerprint density at radius 1 is 1.26 bits per heavy atom. The largest absolute Gasteiger partial charge is 0.372 e. The van der Waals surface area contributed by atoms with Gasteiger partial charge in [-0.1, -0.05) is 0 Å². The molecule has 2 saturated heterocycles. The third kappa shape index (κ3) is 3.25. The smallest absolute Gasteiger partial charge is 0.248 e. The quantitative estimate of drug-likeness (QED) is 0.684. The summed E-state index contributed by atoms with van der Waals surface area (Å²) in [5.74, 6) is 0.269. The van der Waals surface area contributed by atoms with Gasteiger partial charge in [0.05, 0.1) is 6.04 Å². The first kappa shape index (κ1) is 14.3. The number of hydrogen-bond donors (Lipinski definition) is 0. The second kappa shape index (κ2) is 6.34. The van der Waals surface area contributed by atoms with E-state index in [0.717, 1.165) is 26.1 Å². The summed E-state index contributed by atoms with van der Waals surface area (Å²) in [6.45, 7) is 6.40. The Morgan fingerprint density at radius 2 is 1.95 bits per heavy atom. The molecular weight excluding hydrogens is 246 g/mol. The molecule has 0 bridgehead atoms. The number of piperazine rings is 1. The van der Waals surface area contributed by atoms with Crippen molar-refractivity contribution in [2.24, 2.45) is 0 Å². The Balaban J connectivity index is 1.79. The number of likely N-dealkylation sites (tertiary alicyclic amines) is 1. The summed E-state index contributed by atoms with van der Waals surface area (Å²) in [5, 5.41) is 0. The molecule has 0 radical (unpaired) electrons. The van der Waals surface area contributed by atoms with Crippen LogP contribution in [0.25, 0.3) is 0 Å². The number of hydrogen-bond acceptors (Lipinski definition) is 4. The van der Waals surface area contributed by atoms with Gasteiger partial charge in [0.2, 0.25) is 11.8 Å². The van der Waals surface area contributed by atoms with Gasteiger partial charge in [0.15, 0.2) is 0 Å². The molecule has 2 amide bonds. The predicted octanol–water partition coefficient (Wildman–Crippen LogP) is -0.602. The maximum atomic E-state index is 11.9. The summed E-state index contributed by atoms with van der Waals surface area (Å²) in [6.07, 6.45) is 0.905. The average Bonchev–Trinajstić information content (AvgIpc) is 2.76. The number of likely N-dealkylation sites (N-methyl/N-ethyl adjacent to an activating group) is 1. The minimum absolute atomic E-state index is 0.0224. The zero-order chi connectivity index (χ0) is 13.8. The fraction of sp³-hybridized carbons (Fsp3) is 0.846. The Labute approximate surface area is 114 Å². The summed E-state index contributed by atoms with van der Waals surface area (Å²) in [7, 11) is 1.85. The molecule has 0 saturated carbocycles. The van der Waals surface area contributed by atoms with Crippen molar-refractivity contribution in [2.45, 2.75) is 19.4 Å². The summed E-state index contributed by atoms with van der Waals surface area (Å²) >= 11 is 0. The molecular formula is C13H23N3O3. The van der Waals surface area contributed by atoms with Crippen molar-refractivity contribution in [3.05, 3.63) is 0 Å². The van der Waals surface area contributed by atoms with Gasteiger partial charge in [-0.15, -0.1) is 0 Å². The molecule has 19 heavy (non-hydrogen) atoms. The minimum atomic E-state index is 0.0224. The standard InChI is InChI=1S/C13H23N3O3/c1-3-19-10-12(17)16-8-6-15(7-9-16)11-4-5-14(2)13(11)18/h11H,3-10H2,1-2H3. The zero-order valence-electron chi connectivity index (χ0n) is 11.8. The highest BCUT2D eigenvalue weighted by molar-refractivity contribution is 5.83. The maximum Gasteiger partial charge on any atom is 0.248 e. The monoisotopic (exact) mass is 269 g/mol. The van der Waals surface area contributed by atoms with E-state index >= 15 is 0 Å². The third-order valence-corrected chi connectivity index (χ3v) is 3.94. The van der Waals surface area contributed by atoms with Crippen LogP contribution >= 0.6 is 0 Å². The molecule has 6 nitrogen and oxygen atoms in total. The molecule has 108 valence electrons. The van der Waals surface area contributed by atoms with Gasteiger partial charge >= 0.3 is 0 Å². The normalized spacial score (nSPS) is 25.2. The molecule has 6 heteroatoms. The van der Waals surface area contributed by atoms with Gasteiger partial charge in [0, 0.05) is 46.4 Å². The van der Waals surface area contributed by atoms with Crippen LogP contribution in [-0.4, -0.2) is 85.5 Å². The lowest BCUT2D eigenvalue weighted by atomic mass is 10.2. The molecule has 0 aromatic carbocycles. The average molecular weight is 269 g/mol. The van der Waals surface area contributed by atoms with Gasteiger partial charge in [-0.3, -0.25) is 14.5 Å². The first-order chi connectivity index (χ1) is 9.13. The summed E-state index contributed by atoms with van der Waals surface area (Å²) in [6, 6.07) is 0.0224. The first-order valence-corrected chi connectivity index (χ1v) is 6.98. The highest BCUT2D eigenvalue weighted by atomic mass is 16.5. The van der Waals surface area contributed by atoms with Gasteiger partial charge in [-0.2, -0.15) is 0 Å². The van der Waals surface area contributed by atoms with Crippen LogP contribution in [0.5, 0.6) is 0 Å². The molecule has 0 aromatic heterocycles. The molecule has 2 fully saturated rings. The Bertz CT molecular complexity index is 340. The van der Waals surface area contributed by atoms with E-state index in [0.29, 0.717) is 19.7 Å². The van der Waals surface area contributed by atoms with E-state index < -0.39 is 0 Å². The summed E-state index contributed by atoms with van der Waals surface area (Å²) < 4.78 is 5.14. The molecule has 0 aromatic rings. The van der Waals surface area contributed by atoms with Crippen molar-refractivity contribution >= 4 is 11.8 Å². The number of nitrogens with zero attached hydrogens (tertiary/aromatic N) is 3. The van der Waals surface area contributed by atoms with Crippen molar-refractivity contribution in [1.82, 2.24) is 14.7 Å². The van der Waals surface area contributed by atoms with E-state index in [2.05, 4.69) is 4.90 Å². The van der Waals surface area contributed by atoms with Gasteiger partial charge in [0.25, 0.3) is 0 Å². The fourth-order valence-electron chi connectivity index (χ4n) is 2.71. The number of amides is 2. The fourth-order valence-corrected chi connectivity index (χ4v) is 2.71. The van der Waals surface area contributed by atoms with Gasteiger partial charge in [-0.05, 0) is 13.3 Å². The van der Waals surface area contributed by atoms with Crippen LogP contribution in [0.4, 0.5) is 0 Å². The number of ether oxygens (including phenoxy) is 1. The number of rotatable bonds is 4. The predicted molar refractivity (Wildman–Crippen MR) is 70.7 cm³/mol. The Morgan fingerprint density at radius 3 is 2.47 bits per heavy atom. The van der Waals surface area contributed by atoms with E-state index in [1.54, 1.807) is 4.90 Å². The maximum absolute atomic E-state index is 11.9. The second-order valence-corrected chi connectivity index (χ2v) is 5.12. The lowest BCUT2D eigenvalue weighted by molar-refractivity contribution is -0.139. The number of carbonyl (C=O) groups excluding carboxylic acids is 2. The first-order valence-electron chi connectivity index (χ1n) is 6.98. The van der Waals surface area contributed by atoms with Crippen LogP contribution in [0.2, 0.25) is 0 Å². The zero-order valence-corrected chi connectivity index (χ0v) is 11.8. The highest BCUT2D eigenvalue weighted by Gasteiger charge is 2.35. The second-order valence-electron chi connectivity index (χ2n) is 5.12. The van der Waals surface area contributed by atoms with Gasteiger partial charge in [0.1, 0.15) is 6.61 Å². The van der Waals surface area contributed by atoms with Gasteiger partial charge < -0.3 is 14.5 Å². The Hall–Kier alpha value is -1.14. The molecule has 1 unspecified atom stereocenters. The minimum Gasteiger partial charge on any atom is -0.372 e. The molecule has 2 aliphatic heterocycles. The van der Waals surface area contributed by atoms with Crippen LogP contribution in [0.1, 0.15) is 13.3 Å². The van der Waals surface area contributed by atoms with E-state index in [-0.39, 0.29) is 24.5 Å². The van der Waals surface area contributed by atoms with Crippen LogP contribution in [0.15, 0.2) is 0 Å². The summed E-state index contributed by atoms with van der Waals surface area (Å²) in [4.78, 5) is 29.6. The van der Waals surface area contributed by atoms with Gasteiger partial charge in [-0.25, -0.2) is 0 Å². The molecule has 0 aliphatic carbocycles. The van der Waals surface area contributed by atoms with E-state index in [1.807, 2.05) is 18.9 Å². The molecule has 2 aliphatic rings.